The van der Waals surface area contributed by atoms with E-state index >= 15 is 0 Å². The predicted molar refractivity (Wildman–Crippen MR) is 90.2 cm³/mol. The third-order valence-corrected chi connectivity index (χ3v) is 3.32. The van der Waals surface area contributed by atoms with Gasteiger partial charge in [0.2, 0.25) is 0 Å². The van der Waals surface area contributed by atoms with Crippen LogP contribution in [0.5, 0.6) is 11.5 Å². The number of anilines is 1. The molecule has 0 saturated carbocycles. The number of nitrogens with one attached hydrogen (secondary N) is 1. The van der Waals surface area contributed by atoms with Crippen molar-refractivity contribution in [2.24, 2.45) is 0 Å². The smallest absolute Gasteiger partial charge is 0.461 e. The summed E-state index contributed by atoms with van der Waals surface area (Å²) in [5.41, 5.74) is -0.517. The first-order chi connectivity index (χ1) is 13.1. The molecule has 0 atom stereocenters. The SMILES string of the molecule is CCOc1ccc(NC(=O)c2cccc(OC(F)(F)C(F)F)c2)cc1[N+](=O)[O-]. The average molecular weight is 402 g/mol. The van der Waals surface area contributed by atoms with Crippen LogP contribution < -0.4 is 14.8 Å². The Labute approximate surface area is 156 Å². The molecule has 0 radical (unpaired) electrons. The average Bonchev–Trinajstić information content (AvgIpc) is 2.62. The number of benzene rings is 2. The maximum atomic E-state index is 13.0. The molecule has 0 fully saturated rings. The Morgan fingerprint density at radius 1 is 1.25 bits per heavy atom. The number of carbonyl (C=O) groups excluding carboxylic acids is 1. The molecule has 11 heteroatoms. The van der Waals surface area contributed by atoms with E-state index in [2.05, 4.69) is 10.1 Å². The summed E-state index contributed by atoms with van der Waals surface area (Å²) >= 11 is 0. The number of nitro groups is 1. The Kier molecular flexibility index (Phi) is 6.39. The van der Waals surface area contributed by atoms with Gasteiger partial charge in [-0.1, -0.05) is 6.07 Å². The van der Waals surface area contributed by atoms with Crippen LogP contribution in [0.4, 0.5) is 28.9 Å². The number of carbonyl (C=O) groups is 1. The lowest BCUT2D eigenvalue weighted by atomic mass is 10.2. The fourth-order valence-electron chi connectivity index (χ4n) is 2.12. The highest BCUT2D eigenvalue weighted by molar-refractivity contribution is 6.04. The van der Waals surface area contributed by atoms with E-state index in [9.17, 15) is 32.5 Å². The standard InChI is InChI=1S/C17H14F4N2O5/c1-2-27-14-7-6-11(9-13(14)23(25)26)22-15(24)10-4-3-5-12(8-10)28-17(20,21)16(18)19/h3-9,16H,2H2,1H3,(H,22,24). The summed E-state index contributed by atoms with van der Waals surface area (Å²) in [7, 11) is 0. The highest BCUT2D eigenvalue weighted by atomic mass is 19.3. The summed E-state index contributed by atoms with van der Waals surface area (Å²) in [4.78, 5) is 22.7. The van der Waals surface area contributed by atoms with Gasteiger partial charge in [-0.15, -0.1) is 0 Å². The van der Waals surface area contributed by atoms with Gasteiger partial charge in [0.15, 0.2) is 5.75 Å². The van der Waals surface area contributed by atoms with E-state index in [0.717, 1.165) is 24.3 Å². The van der Waals surface area contributed by atoms with Crippen molar-refractivity contribution in [3.8, 4) is 11.5 Å². The molecule has 2 rings (SSSR count). The zero-order chi connectivity index (χ0) is 20.9. The molecular formula is C17H14F4N2O5. The van der Waals surface area contributed by atoms with Crippen LogP contribution in [0, 0.1) is 10.1 Å². The van der Waals surface area contributed by atoms with Gasteiger partial charge in [0.1, 0.15) is 5.75 Å². The third-order valence-electron chi connectivity index (χ3n) is 3.32. The minimum Gasteiger partial charge on any atom is -0.487 e. The second-order valence-electron chi connectivity index (χ2n) is 5.32. The topological polar surface area (TPSA) is 90.7 Å². The number of hydrogen-bond acceptors (Lipinski definition) is 5. The zero-order valence-corrected chi connectivity index (χ0v) is 14.3. The van der Waals surface area contributed by atoms with Crippen LogP contribution in [0.3, 0.4) is 0 Å². The third kappa shape index (κ3) is 5.09. The lowest BCUT2D eigenvalue weighted by Gasteiger charge is -2.17. The molecule has 0 aliphatic carbocycles. The fraction of sp³-hybridized carbons (Fsp3) is 0.235. The minimum atomic E-state index is -4.72. The molecule has 1 N–H and O–H groups in total. The van der Waals surface area contributed by atoms with Crippen LogP contribution >= 0.6 is 0 Å². The van der Waals surface area contributed by atoms with Crippen LogP contribution in [0.2, 0.25) is 0 Å². The first-order valence-corrected chi connectivity index (χ1v) is 7.81. The number of nitrogens with zero attached hydrogens (tertiary/aromatic N) is 1. The van der Waals surface area contributed by atoms with Crippen molar-refractivity contribution in [2.45, 2.75) is 19.5 Å². The van der Waals surface area contributed by atoms with Gasteiger partial charge < -0.3 is 14.8 Å². The Morgan fingerprint density at radius 2 is 1.96 bits per heavy atom. The van der Waals surface area contributed by atoms with E-state index in [0.29, 0.717) is 0 Å². The van der Waals surface area contributed by atoms with E-state index in [1.807, 2.05) is 0 Å². The van der Waals surface area contributed by atoms with E-state index in [4.69, 9.17) is 4.74 Å². The number of halogens is 4. The summed E-state index contributed by atoms with van der Waals surface area (Å²) in [6.07, 6.45) is -8.76. The second kappa shape index (κ2) is 8.55. The van der Waals surface area contributed by atoms with Crippen molar-refractivity contribution >= 4 is 17.3 Å². The second-order valence-corrected chi connectivity index (χ2v) is 5.32. The quantitative estimate of drug-likeness (QED) is 0.399. The van der Waals surface area contributed by atoms with Gasteiger partial charge >= 0.3 is 18.2 Å². The van der Waals surface area contributed by atoms with Gasteiger partial charge in [0.05, 0.1) is 11.5 Å². The van der Waals surface area contributed by atoms with Crippen LogP contribution in [-0.2, 0) is 0 Å². The van der Waals surface area contributed by atoms with Crippen molar-refractivity contribution in [2.75, 3.05) is 11.9 Å². The lowest BCUT2D eigenvalue weighted by Crippen LogP contribution is -2.33. The number of ether oxygens (including phenoxy) is 2. The van der Waals surface area contributed by atoms with Gasteiger partial charge in [-0.25, -0.2) is 0 Å². The predicted octanol–water partition coefficient (Wildman–Crippen LogP) is 4.48. The van der Waals surface area contributed by atoms with Crippen molar-refractivity contribution in [3.05, 3.63) is 58.1 Å². The molecule has 150 valence electrons. The molecule has 28 heavy (non-hydrogen) atoms. The lowest BCUT2D eigenvalue weighted by molar-refractivity contribution is -0.385. The van der Waals surface area contributed by atoms with E-state index in [-0.39, 0.29) is 29.3 Å². The van der Waals surface area contributed by atoms with E-state index in [1.165, 1.54) is 18.2 Å². The molecule has 2 aromatic carbocycles. The Balaban J connectivity index is 2.20. The molecule has 0 aliphatic rings. The molecule has 0 aromatic heterocycles. The zero-order valence-electron chi connectivity index (χ0n) is 14.3. The molecule has 1 amide bonds. The first-order valence-electron chi connectivity index (χ1n) is 7.81. The molecule has 0 spiro atoms. The van der Waals surface area contributed by atoms with Crippen molar-refractivity contribution in [1.82, 2.24) is 0 Å². The van der Waals surface area contributed by atoms with Gasteiger partial charge in [-0.3, -0.25) is 14.9 Å². The maximum absolute atomic E-state index is 13.0. The van der Waals surface area contributed by atoms with Gasteiger partial charge in [0, 0.05) is 17.3 Å². The van der Waals surface area contributed by atoms with Crippen molar-refractivity contribution in [3.63, 3.8) is 0 Å². The van der Waals surface area contributed by atoms with Gasteiger partial charge in [-0.2, -0.15) is 17.6 Å². The highest BCUT2D eigenvalue weighted by Crippen LogP contribution is 2.31. The molecule has 0 aliphatic heterocycles. The Bertz CT molecular complexity index is 876. The van der Waals surface area contributed by atoms with Crippen molar-refractivity contribution in [1.29, 1.82) is 0 Å². The summed E-state index contributed by atoms with van der Waals surface area (Å²) < 4.78 is 59.4. The normalized spacial score (nSPS) is 11.2. The van der Waals surface area contributed by atoms with Gasteiger partial charge in [0.25, 0.3) is 5.91 Å². The minimum absolute atomic E-state index is 0.00938. The van der Waals surface area contributed by atoms with Gasteiger partial charge in [-0.05, 0) is 37.3 Å². The monoisotopic (exact) mass is 402 g/mol. The number of rotatable bonds is 8. The molecule has 0 bridgehead atoms. The molecule has 0 unspecified atom stereocenters. The summed E-state index contributed by atoms with van der Waals surface area (Å²) in [6.45, 7) is 1.84. The Morgan fingerprint density at radius 3 is 2.57 bits per heavy atom. The van der Waals surface area contributed by atoms with Crippen LogP contribution in [0.1, 0.15) is 17.3 Å². The summed E-state index contributed by atoms with van der Waals surface area (Å²) in [5.74, 6) is -1.45. The van der Waals surface area contributed by atoms with Crippen LogP contribution in [0.25, 0.3) is 0 Å². The number of alkyl halides is 4. The molecule has 2 aromatic rings. The fourth-order valence-corrected chi connectivity index (χ4v) is 2.12. The Hall–Kier alpha value is -3.37. The van der Waals surface area contributed by atoms with E-state index < -0.39 is 29.1 Å². The number of amides is 1. The van der Waals surface area contributed by atoms with E-state index in [1.54, 1.807) is 6.92 Å². The molecular weight excluding hydrogens is 388 g/mol. The largest absolute Gasteiger partial charge is 0.487 e. The summed E-state index contributed by atoms with van der Waals surface area (Å²) in [5, 5.41) is 13.4. The van der Waals surface area contributed by atoms with Crippen LogP contribution in [-0.4, -0.2) is 30.0 Å². The molecule has 0 saturated heterocycles. The first kappa shape index (κ1) is 20.9. The molecule has 0 heterocycles. The maximum Gasteiger partial charge on any atom is 0.461 e. The summed E-state index contributed by atoms with van der Waals surface area (Å²) in [6, 6.07) is 7.91. The van der Waals surface area contributed by atoms with Crippen molar-refractivity contribution < 1.29 is 36.8 Å². The number of hydrogen-bond donors (Lipinski definition) is 1. The molecule has 7 nitrogen and oxygen atoms in total. The highest BCUT2D eigenvalue weighted by Gasteiger charge is 2.44. The number of nitro benzene ring substituents is 1. The van der Waals surface area contributed by atoms with Crippen LogP contribution in [0.15, 0.2) is 42.5 Å².